The molecular formula is C10H22N2. The van der Waals surface area contributed by atoms with Crippen LogP contribution >= 0.6 is 0 Å². The van der Waals surface area contributed by atoms with Gasteiger partial charge in [-0.05, 0) is 32.9 Å². The molecule has 0 heterocycles. The summed E-state index contributed by atoms with van der Waals surface area (Å²) in [5.74, 6) is 0. The van der Waals surface area contributed by atoms with Crippen LogP contribution in [0.15, 0.2) is 0 Å². The van der Waals surface area contributed by atoms with Gasteiger partial charge in [0.15, 0.2) is 0 Å². The fourth-order valence-corrected chi connectivity index (χ4v) is 1.57. The van der Waals surface area contributed by atoms with Crippen molar-refractivity contribution < 1.29 is 0 Å². The summed E-state index contributed by atoms with van der Waals surface area (Å²) in [5.41, 5.74) is 0. The Morgan fingerprint density at radius 2 is 2.08 bits per heavy atom. The largest absolute Gasteiger partial charge is 0.315 e. The second-order valence-corrected chi connectivity index (χ2v) is 3.82. The zero-order valence-corrected chi connectivity index (χ0v) is 8.47. The molecule has 0 bridgehead atoms. The van der Waals surface area contributed by atoms with Crippen LogP contribution in [0.4, 0.5) is 0 Å². The normalized spacial score (nSPS) is 18.2. The van der Waals surface area contributed by atoms with Crippen LogP contribution in [0.25, 0.3) is 0 Å². The lowest BCUT2D eigenvalue weighted by Crippen LogP contribution is -2.40. The maximum Gasteiger partial charge on any atom is 0.0107 e. The van der Waals surface area contributed by atoms with Crippen LogP contribution in [0.5, 0.6) is 0 Å². The molecule has 0 aromatic rings. The van der Waals surface area contributed by atoms with Gasteiger partial charge in [0.2, 0.25) is 0 Å². The number of nitrogens with one attached hydrogen (secondary N) is 1. The molecule has 0 atom stereocenters. The van der Waals surface area contributed by atoms with Crippen molar-refractivity contribution in [1.29, 1.82) is 0 Å². The van der Waals surface area contributed by atoms with Gasteiger partial charge in [-0.15, -0.1) is 0 Å². The minimum atomic E-state index is 0.897. The standard InChI is InChI=1S/C10H22N2/c1-3-7-11-8-9-12(2)10-5-4-6-10/h10-11H,3-9H2,1-2H3. The van der Waals surface area contributed by atoms with Crippen molar-refractivity contribution in [2.45, 2.75) is 38.6 Å². The Morgan fingerprint density at radius 3 is 2.58 bits per heavy atom. The lowest BCUT2D eigenvalue weighted by molar-refractivity contribution is 0.160. The Balaban J connectivity index is 1.91. The van der Waals surface area contributed by atoms with E-state index in [-0.39, 0.29) is 0 Å². The molecule has 1 N–H and O–H groups in total. The molecule has 1 fully saturated rings. The fourth-order valence-electron chi connectivity index (χ4n) is 1.57. The van der Waals surface area contributed by atoms with Crippen LogP contribution in [0, 0.1) is 0 Å². The van der Waals surface area contributed by atoms with Gasteiger partial charge in [0.05, 0.1) is 0 Å². The van der Waals surface area contributed by atoms with E-state index in [4.69, 9.17) is 0 Å². The Hall–Kier alpha value is -0.0800. The summed E-state index contributed by atoms with van der Waals surface area (Å²) < 4.78 is 0. The smallest absolute Gasteiger partial charge is 0.0107 e. The molecule has 1 aliphatic rings. The highest BCUT2D eigenvalue weighted by Gasteiger charge is 2.20. The van der Waals surface area contributed by atoms with Gasteiger partial charge in [-0.2, -0.15) is 0 Å². The molecule has 0 unspecified atom stereocenters. The molecule has 0 saturated heterocycles. The third kappa shape index (κ3) is 3.11. The third-order valence-corrected chi connectivity index (χ3v) is 2.77. The van der Waals surface area contributed by atoms with Crippen LogP contribution in [-0.2, 0) is 0 Å². The average Bonchev–Trinajstić information content (AvgIpc) is 1.95. The highest BCUT2D eigenvalue weighted by molar-refractivity contribution is 4.77. The zero-order chi connectivity index (χ0) is 8.81. The van der Waals surface area contributed by atoms with Crippen molar-refractivity contribution in [3.05, 3.63) is 0 Å². The van der Waals surface area contributed by atoms with Gasteiger partial charge in [0.1, 0.15) is 0 Å². The van der Waals surface area contributed by atoms with Gasteiger partial charge in [0, 0.05) is 19.1 Å². The van der Waals surface area contributed by atoms with Gasteiger partial charge < -0.3 is 10.2 Å². The maximum atomic E-state index is 3.43. The van der Waals surface area contributed by atoms with E-state index in [2.05, 4.69) is 24.2 Å². The second-order valence-electron chi connectivity index (χ2n) is 3.82. The van der Waals surface area contributed by atoms with Crippen molar-refractivity contribution in [3.8, 4) is 0 Å². The Morgan fingerprint density at radius 1 is 1.33 bits per heavy atom. The SMILES string of the molecule is CCCNCCN(C)C1CCC1. The van der Waals surface area contributed by atoms with Crippen LogP contribution in [-0.4, -0.2) is 37.6 Å². The molecule has 0 aliphatic heterocycles. The number of rotatable bonds is 6. The minimum absolute atomic E-state index is 0.897. The van der Waals surface area contributed by atoms with Gasteiger partial charge in [-0.25, -0.2) is 0 Å². The molecule has 72 valence electrons. The van der Waals surface area contributed by atoms with E-state index in [1.54, 1.807) is 0 Å². The first-order valence-corrected chi connectivity index (χ1v) is 5.25. The van der Waals surface area contributed by atoms with Crippen LogP contribution in [0.1, 0.15) is 32.6 Å². The summed E-state index contributed by atoms with van der Waals surface area (Å²) in [6.45, 7) is 5.74. The van der Waals surface area contributed by atoms with E-state index in [0.29, 0.717) is 0 Å². The minimum Gasteiger partial charge on any atom is -0.315 e. The molecule has 1 saturated carbocycles. The van der Waals surface area contributed by atoms with Crippen molar-refractivity contribution >= 4 is 0 Å². The van der Waals surface area contributed by atoms with Crippen LogP contribution < -0.4 is 5.32 Å². The number of hydrogen-bond donors (Lipinski definition) is 1. The predicted octanol–water partition coefficient (Wildman–Crippen LogP) is 1.47. The molecule has 12 heavy (non-hydrogen) atoms. The topological polar surface area (TPSA) is 15.3 Å². The van der Waals surface area contributed by atoms with Crippen molar-refractivity contribution in [2.24, 2.45) is 0 Å². The summed E-state index contributed by atoms with van der Waals surface area (Å²) in [7, 11) is 2.25. The van der Waals surface area contributed by atoms with Gasteiger partial charge in [0.25, 0.3) is 0 Å². The summed E-state index contributed by atoms with van der Waals surface area (Å²) in [4.78, 5) is 2.49. The predicted molar refractivity (Wildman–Crippen MR) is 53.4 cm³/mol. The van der Waals surface area contributed by atoms with Gasteiger partial charge in [-0.3, -0.25) is 0 Å². The van der Waals surface area contributed by atoms with E-state index in [1.165, 1.54) is 38.8 Å². The van der Waals surface area contributed by atoms with E-state index in [9.17, 15) is 0 Å². The van der Waals surface area contributed by atoms with Crippen LogP contribution in [0.3, 0.4) is 0 Å². The zero-order valence-electron chi connectivity index (χ0n) is 8.47. The highest BCUT2D eigenvalue weighted by atomic mass is 15.1. The van der Waals surface area contributed by atoms with Crippen molar-refractivity contribution in [3.63, 3.8) is 0 Å². The first kappa shape index (κ1) is 10.0. The first-order valence-electron chi connectivity index (χ1n) is 5.25. The number of likely N-dealkylation sites (N-methyl/N-ethyl adjacent to an activating group) is 1. The van der Waals surface area contributed by atoms with E-state index in [1.807, 2.05) is 0 Å². The summed E-state index contributed by atoms with van der Waals surface area (Å²) in [6.07, 6.45) is 5.53. The molecule has 0 aromatic heterocycles. The molecular weight excluding hydrogens is 148 g/mol. The fraction of sp³-hybridized carbons (Fsp3) is 1.00. The number of hydrogen-bond acceptors (Lipinski definition) is 2. The summed E-state index contributed by atoms with van der Waals surface area (Å²) >= 11 is 0. The molecule has 0 amide bonds. The van der Waals surface area contributed by atoms with Crippen molar-refractivity contribution in [2.75, 3.05) is 26.7 Å². The Kier molecular flexibility index (Phi) is 4.62. The lowest BCUT2D eigenvalue weighted by Gasteiger charge is -2.34. The Bertz CT molecular complexity index is 110. The second kappa shape index (κ2) is 5.55. The lowest BCUT2D eigenvalue weighted by atomic mass is 9.92. The van der Waals surface area contributed by atoms with Gasteiger partial charge >= 0.3 is 0 Å². The van der Waals surface area contributed by atoms with E-state index < -0.39 is 0 Å². The highest BCUT2D eigenvalue weighted by Crippen LogP contribution is 2.22. The molecule has 1 rings (SSSR count). The van der Waals surface area contributed by atoms with Crippen LogP contribution in [0.2, 0.25) is 0 Å². The Labute approximate surface area is 76.3 Å². The monoisotopic (exact) mass is 170 g/mol. The van der Waals surface area contributed by atoms with Crippen molar-refractivity contribution in [1.82, 2.24) is 10.2 Å². The van der Waals surface area contributed by atoms with E-state index in [0.717, 1.165) is 12.6 Å². The molecule has 0 aromatic carbocycles. The number of nitrogens with zero attached hydrogens (tertiary/aromatic N) is 1. The van der Waals surface area contributed by atoms with Gasteiger partial charge in [-0.1, -0.05) is 13.3 Å². The van der Waals surface area contributed by atoms with E-state index >= 15 is 0 Å². The summed E-state index contributed by atoms with van der Waals surface area (Å²) in [5, 5.41) is 3.43. The molecule has 1 aliphatic carbocycles. The summed E-state index contributed by atoms with van der Waals surface area (Å²) in [6, 6.07) is 0.897. The maximum absolute atomic E-state index is 3.43. The third-order valence-electron chi connectivity index (χ3n) is 2.77. The first-order chi connectivity index (χ1) is 5.84. The average molecular weight is 170 g/mol. The molecule has 0 spiro atoms. The molecule has 2 nitrogen and oxygen atoms in total. The quantitative estimate of drug-likeness (QED) is 0.607. The molecule has 0 radical (unpaired) electrons. The molecule has 2 heteroatoms.